The zero-order valence-electron chi connectivity index (χ0n) is 12.6. The van der Waals surface area contributed by atoms with E-state index in [-0.39, 0.29) is 17.8 Å². The SMILES string of the molecule is CN1C(=O)CC[C@H]1C(=O)Nc1ncc(Oc2ccccc2)cn1. The van der Waals surface area contributed by atoms with E-state index in [1.807, 2.05) is 30.3 Å². The van der Waals surface area contributed by atoms with Gasteiger partial charge in [0.25, 0.3) is 0 Å². The number of likely N-dealkylation sites (tertiary alicyclic amines) is 1. The van der Waals surface area contributed by atoms with Gasteiger partial charge in [-0.2, -0.15) is 0 Å². The van der Waals surface area contributed by atoms with Gasteiger partial charge in [-0.05, 0) is 18.6 Å². The number of amides is 2. The van der Waals surface area contributed by atoms with Gasteiger partial charge in [0.1, 0.15) is 11.8 Å². The van der Waals surface area contributed by atoms with Gasteiger partial charge in [-0.25, -0.2) is 9.97 Å². The van der Waals surface area contributed by atoms with Crippen molar-refractivity contribution in [2.24, 2.45) is 0 Å². The fraction of sp³-hybridized carbons (Fsp3) is 0.250. The van der Waals surface area contributed by atoms with Crippen LogP contribution >= 0.6 is 0 Å². The number of benzene rings is 1. The number of hydrogen-bond acceptors (Lipinski definition) is 5. The molecule has 1 aromatic heterocycles. The highest BCUT2D eigenvalue weighted by Crippen LogP contribution is 2.20. The number of anilines is 1. The maximum absolute atomic E-state index is 12.1. The third-order valence-electron chi connectivity index (χ3n) is 3.64. The summed E-state index contributed by atoms with van der Waals surface area (Å²) in [7, 11) is 1.62. The lowest BCUT2D eigenvalue weighted by Gasteiger charge is -2.18. The normalized spacial score (nSPS) is 17.2. The number of rotatable bonds is 4. The number of hydrogen-bond donors (Lipinski definition) is 1. The molecule has 1 fully saturated rings. The highest BCUT2D eigenvalue weighted by Gasteiger charge is 2.33. The summed E-state index contributed by atoms with van der Waals surface area (Å²) < 4.78 is 5.58. The van der Waals surface area contributed by atoms with Crippen LogP contribution in [0.1, 0.15) is 12.8 Å². The van der Waals surface area contributed by atoms with Crippen LogP contribution in [0, 0.1) is 0 Å². The molecule has 1 aliphatic rings. The molecule has 1 aromatic carbocycles. The minimum Gasteiger partial charge on any atom is -0.454 e. The largest absolute Gasteiger partial charge is 0.454 e. The fourth-order valence-electron chi connectivity index (χ4n) is 2.36. The Bertz CT molecular complexity index is 703. The van der Waals surface area contributed by atoms with Crippen LogP contribution in [0.25, 0.3) is 0 Å². The molecule has 0 spiro atoms. The van der Waals surface area contributed by atoms with Crippen LogP contribution in [-0.4, -0.2) is 39.8 Å². The first-order valence-electron chi connectivity index (χ1n) is 7.25. The van der Waals surface area contributed by atoms with Gasteiger partial charge in [0.05, 0.1) is 12.4 Å². The molecule has 0 aliphatic carbocycles. The first-order chi connectivity index (χ1) is 11.1. The van der Waals surface area contributed by atoms with E-state index >= 15 is 0 Å². The smallest absolute Gasteiger partial charge is 0.249 e. The molecule has 0 unspecified atom stereocenters. The van der Waals surface area contributed by atoms with Crippen molar-refractivity contribution < 1.29 is 14.3 Å². The van der Waals surface area contributed by atoms with Gasteiger partial charge in [0.2, 0.25) is 17.8 Å². The lowest BCUT2D eigenvalue weighted by atomic mass is 10.2. The molecule has 1 aliphatic heterocycles. The van der Waals surface area contributed by atoms with E-state index in [1.54, 1.807) is 7.05 Å². The molecule has 0 bridgehead atoms. The van der Waals surface area contributed by atoms with Crippen molar-refractivity contribution >= 4 is 17.8 Å². The Morgan fingerprint density at radius 2 is 1.91 bits per heavy atom. The molecule has 3 rings (SSSR count). The van der Waals surface area contributed by atoms with Gasteiger partial charge >= 0.3 is 0 Å². The van der Waals surface area contributed by atoms with Crippen LogP contribution in [-0.2, 0) is 9.59 Å². The zero-order valence-corrected chi connectivity index (χ0v) is 12.6. The quantitative estimate of drug-likeness (QED) is 0.931. The highest BCUT2D eigenvalue weighted by molar-refractivity contribution is 5.97. The second kappa shape index (κ2) is 6.43. The fourth-order valence-corrected chi connectivity index (χ4v) is 2.36. The van der Waals surface area contributed by atoms with E-state index in [2.05, 4.69) is 15.3 Å². The minimum absolute atomic E-state index is 0.0299. The number of carbonyl (C=O) groups is 2. The predicted octanol–water partition coefficient (Wildman–Crippen LogP) is 1.83. The molecule has 7 nitrogen and oxygen atoms in total. The molecular weight excluding hydrogens is 296 g/mol. The number of para-hydroxylation sites is 1. The number of aromatic nitrogens is 2. The molecule has 0 saturated carbocycles. The van der Waals surface area contributed by atoms with Gasteiger partial charge in [-0.1, -0.05) is 18.2 Å². The third-order valence-corrected chi connectivity index (χ3v) is 3.64. The molecule has 2 heterocycles. The Morgan fingerprint density at radius 1 is 1.22 bits per heavy atom. The topological polar surface area (TPSA) is 84.4 Å². The van der Waals surface area contributed by atoms with Crippen molar-refractivity contribution in [3.63, 3.8) is 0 Å². The van der Waals surface area contributed by atoms with Crippen molar-refractivity contribution in [1.29, 1.82) is 0 Å². The van der Waals surface area contributed by atoms with E-state index in [0.717, 1.165) is 0 Å². The Morgan fingerprint density at radius 3 is 2.52 bits per heavy atom. The van der Waals surface area contributed by atoms with E-state index in [0.29, 0.717) is 24.3 Å². The summed E-state index contributed by atoms with van der Waals surface area (Å²) in [5.74, 6) is 1.03. The highest BCUT2D eigenvalue weighted by atomic mass is 16.5. The van der Waals surface area contributed by atoms with Crippen LogP contribution in [0.2, 0.25) is 0 Å². The van der Waals surface area contributed by atoms with Crippen LogP contribution in [0.4, 0.5) is 5.95 Å². The summed E-state index contributed by atoms with van der Waals surface area (Å²) in [4.78, 5) is 33.2. The third kappa shape index (κ3) is 3.45. The maximum Gasteiger partial charge on any atom is 0.249 e. The second-order valence-electron chi connectivity index (χ2n) is 5.21. The summed E-state index contributed by atoms with van der Waals surface area (Å²) >= 11 is 0. The summed E-state index contributed by atoms with van der Waals surface area (Å²) in [6.45, 7) is 0. The molecule has 1 saturated heterocycles. The molecule has 1 N–H and O–H groups in total. The van der Waals surface area contributed by atoms with E-state index < -0.39 is 6.04 Å². The molecule has 1 atom stereocenters. The molecule has 7 heteroatoms. The van der Waals surface area contributed by atoms with Crippen molar-refractivity contribution in [3.05, 3.63) is 42.7 Å². The van der Waals surface area contributed by atoms with Gasteiger partial charge in [-0.3, -0.25) is 14.9 Å². The van der Waals surface area contributed by atoms with Crippen molar-refractivity contribution in [3.8, 4) is 11.5 Å². The summed E-state index contributed by atoms with van der Waals surface area (Å²) in [5.41, 5.74) is 0. The number of likely N-dealkylation sites (N-methyl/N-ethyl adjacent to an activating group) is 1. The van der Waals surface area contributed by atoms with Crippen LogP contribution in [0.3, 0.4) is 0 Å². The average Bonchev–Trinajstić information content (AvgIpc) is 2.90. The Hall–Kier alpha value is -2.96. The summed E-state index contributed by atoms with van der Waals surface area (Å²) in [6, 6.07) is 8.80. The first-order valence-corrected chi connectivity index (χ1v) is 7.25. The Kier molecular flexibility index (Phi) is 4.18. The number of carbonyl (C=O) groups excluding carboxylic acids is 2. The lowest BCUT2D eigenvalue weighted by molar-refractivity contribution is -0.131. The predicted molar refractivity (Wildman–Crippen MR) is 83.0 cm³/mol. The van der Waals surface area contributed by atoms with Crippen molar-refractivity contribution in [1.82, 2.24) is 14.9 Å². The van der Waals surface area contributed by atoms with E-state index in [1.165, 1.54) is 17.3 Å². The monoisotopic (exact) mass is 312 g/mol. The summed E-state index contributed by atoms with van der Waals surface area (Å²) in [6.07, 6.45) is 3.87. The van der Waals surface area contributed by atoms with Crippen molar-refractivity contribution in [2.45, 2.75) is 18.9 Å². The van der Waals surface area contributed by atoms with Crippen LogP contribution in [0.15, 0.2) is 42.7 Å². The Balaban J connectivity index is 1.61. The van der Waals surface area contributed by atoms with Gasteiger partial charge in [0, 0.05) is 13.5 Å². The number of nitrogens with one attached hydrogen (secondary N) is 1. The molecule has 2 amide bonds. The van der Waals surface area contributed by atoms with Crippen LogP contribution < -0.4 is 10.1 Å². The van der Waals surface area contributed by atoms with Gasteiger partial charge in [-0.15, -0.1) is 0 Å². The summed E-state index contributed by atoms with van der Waals surface area (Å²) in [5, 5.41) is 2.62. The lowest BCUT2D eigenvalue weighted by Crippen LogP contribution is -2.39. The van der Waals surface area contributed by atoms with Gasteiger partial charge < -0.3 is 9.64 Å². The zero-order chi connectivity index (χ0) is 16.2. The molecule has 0 radical (unpaired) electrons. The number of nitrogens with zero attached hydrogens (tertiary/aromatic N) is 3. The van der Waals surface area contributed by atoms with Gasteiger partial charge in [0.15, 0.2) is 5.75 Å². The maximum atomic E-state index is 12.1. The van der Waals surface area contributed by atoms with E-state index in [9.17, 15) is 9.59 Å². The van der Waals surface area contributed by atoms with Crippen molar-refractivity contribution in [2.75, 3.05) is 12.4 Å². The second-order valence-corrected chi connectivity index (χ2v) is 5.21. The minimum atomic E-state index is -0.466. The first kappa shape index (κ1) is 15.0. The average molecular weight is 312 g/mol. The molecular formula is C16H16N4O3. The molecule has 23 heavy (non-hydrogen) atoms. The van der Waals surface area contributed by atoms with Crippen LogP contribution in [0.5, 0.6) is 11.5 Å². The number of ether oxygens (including phenoxy) is 1. The van der Waals surface area contributed by atoms with E-state index in [4.69, 9.17) is 4.74 Å². The Labute approximate surface area is 133 Å². The standard InChI is InChI=1S/C16H16N4O3/c1-20-13(7-8-14(20)21)15(22)19-16-17-9-12(10-18-16)23-11-5-3-2-4-6-11/h2-6,9-10,13H,7-8H2,1H3,(H,17,18,19,22)/t13-/m0/s1. The molecule has 2 aromatic rings. The molecule has 118 valence electrons.